The van der Waals surface area contributed by atoms with Gasteiger partial charge in [0, 0.05) is 22.7 Å². The van der Waals surface area contributed by atoms with Crippen LogP contribution in [0.4, 0.5) is 5.69 Å². The Morgan fingerprint density at radius 2 is 2.09 bits per heavy atom. The van der Waals surface area contributed by atoms with Crippen molar-refractivity contribution < 1.29 is 14.6 Å². The van der Waals surface area contributed by atoms with Crippen LogP contribution in [0, 0.1) is 0 Å². The molecule has 2 aromatic rings. The van der Waals surface area contributed by atoms with E-state index in [4.69, 9.17) is 16.3 Å². The molecule has 2 N–H and O–H groups in total. The average Bonchev–Trinajstić information content (AvgIpc) is 2.84. The number of anilines is 1. The summed E-state index contributed by atoms with van der Waals surface area (Å²) < 4.78 is 5.03. The third-order valence-electron chi connectivity index (χ3n) is 3.76. The molecule has 0 bridgehead atoms. The quantitative estimate of drug-likeness (QED) is 0.664. The minimum atomic E-state index is -0.154. The van der Waals surface area contributed by atoms with Crippen LogP contribution in [0.5, 0.6) is 11.5 Å². The Morgan fingerprint density at radius 3 is 2.78 bits per heavy atom. The van der Waals surface area contributed by atoms with Crippen molar-refractivity contribution in [3.63, 3.8) is 0 Å². The Bertz CT molecular complexity index is 799. The second-order valence-electron chi connectivity index (χ2n) is 5.26. The molecule has 1 heterocycles. The van der Waals surface area contributed by atoms with Crippen molar-refractivity contribution in [2.75, 3.05) is 18.3 Å². The highest BCUT2D eigenvalue weighted by atomic mass is 35.5. The maximum atomic E-state index is 12.2. The van der Waals surface area contributed by atoms with Crippen molar-refractivity contribution in [2.45, 2.75) is 6.42 Å². The number of nitrogens with one attached hydrogen (secondary N) is 1. The van der Waals surface area contributed by atoms with E-state index in [-0.39, 0.29) is 11.7 Å². The highest BCUT2D eigenvalue weighted by molar-refractivity contribution is 6.35. The SMILES string of the molecule is COc1ccc(C=C2C(=O)Nc3ccc(CCCl)cc32)cc1O. The van der Waals surface area contributed by atoms with Crippen LogP contribution in [0.25, 0.3) is 11.6 Å². The number of fused-ring (bicyclic) bond motifs is 1. The van der Waals surface area contributed by atoms with E-state index in [0.717, 1.165) is 28.8 Å². The number of phenols is 1. The lowest BCUT2D eigenvalue weighted by atomic mass is 10.0. The third-order valence-corrected chi connectivity index (χ3v) is 3.95. The predicted molar refractivity (Wildman–Crippen MR) is 92.0 cm³/mol. The molecule has 0 radical (unpaired) electrons. The number of amides is 1. The van der Waals surface area contributed by atoms with E-state index in [1.54, 1.807) is 24.3 Å². The number of halogens is 1. The summed E-state index contributed by atoms with van der Waals surface area (Å²) in [4.78, 5) is 12.2. The Balaban J connectivity index is 2.02. The molecule has 4 nitrogen and oxygen atoms in total. The topological polar surface area (TPSA) is 58.6 Å². The van der Waals surface area contributed by atoms with Gasteiger partial charge in [0.2, 0.25) is 0 Å². The summed E-state index contributed by atoms with van der Waals surface area (Å²) in [6.07, 6.45) is 2.50. The van der Waals surface area contributed by atoms with Gasteiger partial charge in [-0.05, 0) is 47.9 Å². The van der Waals surface area contributed by atoms with E-state index < -0.39 is 0 Å². The van der Waals surface area contributed by atoms with Crippen LogP contribution in [-0.4, -0.2) is 24.0 Å². The highest BCUT2D eigenvalue weighted by Gasteiger charge is 2.24. The number of phenolic OH excluding ortho intramolecular Hbond substituents is 1. The van der Waals surface area contributed by atoms with Gasteiger partial charge in [0.25, 0.3) is 5.91 Å². The van der Waals surface area contributed by atoms with Crippen LogP contribution < -0.4 is 10.1 Å². The van der Waals surface area contributed by atoms with E-state index in [2.05, 4.69) is 5.32 Å². The fourth-order valence-electron chi connectivity index (χ4n) is 2.61. The Morgan fingerprint density at radius 1 is 1.26 bits per heavy atom. The summed E-state index contributed by atoms with van der Waals surface area (Å²) in [7, 11) is 1.49. The number of alkyl halides is 1. The van der Waals surface area contributed by atoms with Crippen LogP contribution in [0.2, 0.25) is 0 Å². The lowest BCUT2D eigenvalue weighted by Crippen LogP contribution is -2.03. The number of carbonyl (C=O) groups is 1. The lowest BCUT2D eigenvalue weighted by molar-refractivity contribution is -0.110. The summed E-state index contributed by atoms with van der Waals surface area (Å²) in [6, 6.07) is 10.9. The molecule has 0 aliphatic carbocycles. The molecule has 0 fully saturated rings. The van der Waals surface area contributed by atoms with E-state index in [9.17, 15) is 9.90 Å². The van der Waals surface area contributed by atoms with Crippen molar-refractivity contribution in [1.29, 1.82) is 0 Å². The summed E-state index contributed by atoms with van der Waals surface area (Å²) in [5.41, 5.74) is 4.02. The van der Waals surface area contributed by atoms with Gasteiger partial charge in [-0.15, -0.1) is 11.6 Å². The van der Waals surface area contributed by atoms with Gasteiger partial charge in [-0.25, -0.2) is 0 Å². The fourth-order valence-corrected chi connectivity index (χ4v) is 2.82. The predicted octanol–water partition coefficient (Wildman–Crippen LogP) is 3.67. The molecular weight excluding hydrogens is 314 g/mol. The normalized spacial score (nSPS) is 14.7. The summed E-state index contributed by atoms with van der Waals surface area (Å²) >= 11 is 5.79. The van der Waals surface area contributed by atoms with Crippen molar-refractivity contribution in [3.8, 4) is 11.5 Å². The van der Waals surface area contributed by atoms with Gasteiger partial charge in [0.1, 0.15) is 0 Å². The second-order valence-corrected chi connectivity index (χ2v) is 5.64. The summed E-state index contributed by atoms with van der Waals surface area (Å²) in [5.74, 6) is 0.813. The van der Waals surface area contributed by atoms with Gasteiger partial charge in [0.15, 0.2) is 11.5 Å². The molecule has 0 aromatic heterocycles. The van der Waals surface area contributed by atoms with Crippen molar-refractivity contribution in [3.05, 3.63) is 53.1 Å². The molecule has 1 aliphatic rings. The lowest BCUT2D eigenvalue weighted by Gasteiger charge is -2.05. The molecule has 0 unspecified atom stereocenters. The molecule has 2 aromatic carbocycles. The van der Waals surface area contributed by atoms with Gasteiger partial charge in [-0.3, -0.25) is 4.79 Å². The molecule has 3 rings (SSSR count). The molecule has 0 saturated heterocycles. The molecule has 23 heavy (non-hydrogen) atoms. The van der Waals surface area contributed by atoms with Crippen molar-refractivity contribution in [2.24, 2.45) is 0 Å². The molecular formula is C18H16ClNO3. The van der Waals surface area contributed by atoms with Crippen molar-refractivity contribution >= 4 is 34.8 Å². The maximum absolute atomic E-state index is 12.2. The number of aryl methyl sites for hydroxylation is 1. The zero-order valence-corrected chi connectivity index (χ0v) is 13.4. The number of carbonyl (C=O) groups excluding carboxylic acids is 1. The second kappa shape index (κ2) is 6.34. The number of aromatic hydroxyl groups is 1. The first kappa shape index (κ1) is 15.4. The van der Waals surface area contributed by atoms with Gasteiger partial charge < -0.3 is 15.2 Å². The Hall–Kier alpha value is -2.46. The van der Waals surface area contributed by atoms with E-state index in [1.807, 2.05) is 18.2 Å². The van der Waals surface area contributed by atoms with E-state index in [0.29, 0.717) is 17.2 Å². The number of hydrogen-bond acceptors (Lipinski definition) is 3. The first-order valence-corrected chi connectivity index (χ1v) is 7.75. The van der Waals surface area contributed by atoms with Crippen LogP contribution >= 0.6 is 11.6 Å². The minimum absolute atomic E-state index is 0.0383. The number of methoxy groups -OCH3 is 1. The van der Waals surface area contributed by atoms with Crippen molar-refractivity contribution in [1.82, 2.24) is 0 Å². The fraction of sp³-hybridized carbons (Fsp3) is 0.167. The number of rotatable bonds is 4. The van der Waals surface area contributed by atoms with Crippen LogP contribution in [0.15, 0.2) is 36.4 Å². The monoisotopic (exact) mass is 329 g/mol. The van der Waals surface area contributed by atoms with Gasteiger partial charge in [0.05, 0.1) is 7.11 Å². The molecule has 1 amide bonds. The first-order chi connectivity index (χ1) is 11.1. The number of benzene rings is 2. The highest BCUT2D eigenvalue weighted by Crippen LogP contribution is 2.35. The smallest absolute Gasteiger partial charge is 0.256 e. The standard InChI is InChI=1S/C18H16ClNO3/c1-23-17-5-3-12(10-16(17)21)9-14-13-8-11(6-7-19)2-4-15(13)20-18(14)22/h2-5,8-10,21H,6-7H2,1H3,(H,20,22). The molecule has 118 valence electrons. The third kappa shape index (κ3) is 3.03. The Kier molecular flexibility index (Phi) is 4.26. The molecule has 1 aliphatic heterocycles. The summed E-state index contributed by atoms with van der Waals surface area (Å²) in [5, 5.41) is 12.7. The number of hydrogen-bond donors (Lipinski definition) is 2. The average molecular weight is 330 g/mol. The van der Waals surface area contributed by atoms with Crippen LogP contribution in [0.3, 0.4) is 0 Å². The maximum Gasteiger partial charge on any atom is 0.256 e. The van der Waals surface area contributed by atoms with E-state index >= 15 is 0 Å². The molecule has 0 saturated carbocycles. The zero-order valence-electron chi connectivity index (χ0n) is 12.6. The Labute approximate surface area is 139 Å². The van der Waals surface area contributed by atoms with Gasteiger partial charge >= 0.3 is 0 Å². The van der Waals surface area contributed by atoms with E-state index in [1.165, 1.54) is 7.11 Å². The summed E-state index contributed by atoms with van der Waals surface area (Å²) in [6.45, 7) is 0. The molecule has 0 atom stereocenters. The van der Waals surface area contributed by atoms with Gasteiger partial charge in [-0.2, -0.15) is 0 Å². The van der Waals surface area contributed by atoms with Crippen LogP contribution in [-0.2, 0) is 11.2 Å². The molecule has 0 spiro atoms. The first-order valence-electron chi connectivity index (χ1n) is 7.21. The molecule has 5 heteroatoms. The number of ether oxygens (including phenoxy) is 1. The largest absolute Gasteiger partial charge is 0.504 e. The minimum Gasteiger partial charge on any atom is -0.504 e. The van der Waals surface area contributed by atoms with Crippen LogP contribution in [0.1, 0.15) is 16.7 Å². The van der Waals surface area contributed by atoms with Gasteiger partial charge in [-0.1, -0.05) is 12.1 Å². The zero-order chi connectivity index (χ0) is 16.4.